The largest absolute Gasteiger partial charge is 0.339 e. The van der Waals surface area contributed by atoms with Crippen LogP contribution in [0.1, 0.15) is 26.7 Å². The van der Waals surface area contributed by atoms with Crippen LogP contribution < -0.4 is 5.73 Å². The second-order valence-electron chi connectivity index (χ2n) is 5.28. The third kappa shape index (κ3) is 2.49. The quantitative estimate of drug-likeness (QED) is 0.701. The van der Waals surface area contributed by atoms with Crippen LogP contribution in [0.5, 0.6) is 0 Å². The monoisotopic (exact) mass is 211 g/mol. The Kier molecular flexibility index (Phi) is 2.73. The van der Waals surface area contributed by atoms with Gasteiger partial charge in [0, 0.05) is 32.2 Å². The van der Waals surface area contributed by atoms with Crippen LogP contribution in [0.25, 0.3) is 0 Å². The highest BCUT2D eigenvalue weighted by molar-refractivity contribution is 5.85. The Bertz CT molecular complexity index is 247. The number of piperazine rings is 1. The van der Waals surface area contributed by atoms with Crippen LogP contribution in [0.3, 0.4) is 0 Å². The van der Waals surface area contributed by atoms with E-state index in [4.69, 9.17) is 5.73 Å². The first kappa shape index (κ1) is 10.9. The molecule has 1 saturated carbocycles. The summed E-state index contributed by atoms with van der Waals surface area (Å²) in [5.41, 5.74) is 5.09. The minimum Gasteiger partial charge on any atom is -0.339 e. The van der Waals surface area contributed by atoms with Crippen LogP contribution in [0.2, 0.25) is 0 Å². The summed E-state index contributed by atoms with van der Waals surface area (Å²) < 4.78 is 0. The molecule has 1 heterocycles. The lowest BCUT2D eigenvalue weighted by molar-refractivity contribution is -0.137. The van der Waals surface area contributed by atoms with Crippen molar-refractivity contribution in [1.82, 2.24) is 9.80 Å². The Hall–Kier alpha value is -0.610. The topological polar surface area (TPSA) is 49.6 Å². The van der Waals surface area contributed by atoms with Crippen LogP contribution in [-0.4, -0.2) is 53.5 Å². The lowest BCUT2D eigenvalue weighted by atomic mass is 10.0. The molecule has 0 radical (unpaired) electrons. The number of nitrogens with zero attached hydrogens (tertiary/aromatic N) is 2. The van der Waals surface area contributed by atoms with Gasteiger partial charge in [-0.05, 0) is 26.7 Å². The Labute approximate surface area is 91.4 Å². The van der Waals surface area contributed by atoms with Gasteiger partial charge < -0.3 is 10.6 Å². The van der Waals surface area contributed by atoms with E-state index in [0.717, 1.165) is 32.2 Å². The predicted octanol–water partition coefficient (Wildman–Crippen LogP) is 0.0303. The molecule has 0 atom stereocenters. The van der Waals surface area contributed by atoms with E-state index in [0.29, 0.717) is 0 Å². The van der Waals surface area contributed by atoms with Crippen molar-refractivity contribution in [2.24, 2.45) is 5.73 Å². The summed E-state index contributed by atoms with van der Waals surface area (Å²) in [4.78, 5) is 16.3. The zero-order valence-corrected chi connectivity index (χ0v) is 9.70. The molecule has 0 aromatic rings. The van der Waals surface area contributed by atoms with Crippen molar-refractivity contribution >= 4 is 5.91 Å². The van der Waals surface area contributed by atoms with Crippen molar-refractivity contribution in [3.05, 3.63) is 0 Å². The molecule has 0 spiro atoms. The minimum atomic E-state index is -0.720. The van der Waals surface area contributed by atoms with Crippen LogP contribution in [0, 0.1) is 0 Å². The second-order valence-corrected chi connectivity index (χ2v) is 5.28. The molecule has 1 amide bonds. The molecule has 15 heavy (non-hydrogen) atoms. The number of carbonyl (C=O) groups is 1. The van der Waals surface area contributed by atoms with Crippen molar-refractivity contribution in [1.29, 1.82) is 0 Å². The summed E-state index contributed by atoms with van der Waals surface area (Å²) in [6, 6.07) is 0.813. The second kappa shape index (κ2) is 3.76. The zero-order chi connectivity index (χ0) is 11.1. The van der Waals surface area contributed by atoms with E-state index >= 15 is 0 Å². The molecule has 1 saturated heterocycles. The van der Waals surface area contributed by atoms with Gasteiger partial charge in [-0.2, -0.15) is 0 Å². The molecule has 86 valence electrons. The molecule has 4 heteroatoms. The number of carbonyl (C=O) groups excluding carboxylic acids is 1. The smallest absolute Gasteiger partial charge is 0.242 e. The van der Waals surface area contributed by atoms with Gasteiger partial charge in [-0.15, -0.1) is 0 Å². The summed E-state index contributed by atoms with van der Waals surface area (Å²) in [5.74, 6) is 0.0814. The summed E-state index contributed by atoms with van der Waals surface area (Å²) in [7, 11) is 0. The molecule has 0 aromatic heterocycles. The standard InChI is InChI=1S/C11H21N3O/c1-11(2,12)10(15)14-7-5-13(6-8-14)9-3-4-9/h9H,3-8,12H2,1-2H3. The maximum atomic E-state index is 11.9. The molecule has 1 aliphatic carbocycles. The molecule has 0 unspecified atom stereocenters. The molecule has 2 aliphatic rings. The summed E-state index contributed by atoms with van der Waals surface area (Å²) in [5, 5.41) is 0. The van der Waals surface area contributed by atoms with Gasteiger partial charge in [0.1, 0.15) is 0 Å². The van der Waals surface area contributed by atoms with E-state index in [1.165, 1.54) is 12.8 Å². The van der Waals surface area contributed by atoms with Crippen LogP contribution >= 0.6 is 0 Å². The van der Waals surface area contributed by atoms with E-state index in [9.17, 15) is 4.79 Å². The third-order valence-corrected chi connectivity index (χ3v) is 3.22. The molecule has 1 aliphatic heterocycles. The Morgan fingerprint density at radius 3 is 2.13 bits per heavy atom. The van der Waals surface area contributed by atoms with Gasteiger partial charge in [-0.1, -0.05) is 0 Å². The van der Waals surface area contributed by atoms with E-state index in [-0.39, 0.29) is 5.91 Å². The van der Waals surface area contributed by atoms with Crippen molar-refractivity contribution in [2.45, 2.75) is 38.3 Å². The highest BCUT2D eigenvalue weighted by atomic mass is 16.2. The lowest BCUT2D eigenvalue weighted by Gasteiger charge is -2.37. The Morgan fingerprint density at radius 1 is 1.20 bits per heavy atom. The highest BCUT2D eigenvalue weighted by Gasteiger charge is 2.34. The van der Waals surface area contributed by atoms with Crippen LogP contribution in [0.4, 0.5) is 0 Å². The van der Waals surface area contributed by atoms with Crippen LogP contribution in [-0.2, 0) is 4.79 Å². The molecule has 0 aromatic carbocycles. The lowest BCUT2D eigenvalue weighted by Crippen LogP contribution is -2.57. The average molecular weight is 211 g/mol. The fourth-order valence-electron chi connectivity index (χ4n) is 2.14. The fourth-order valence-corrected chi connectivity index (χ4v) is 2.14. The summed E-state index contributed by atoms with van der Waals surface area (Å²) >= 11 is 0. The van der Waals surface area contributed by atoms with E-state index in [1.807, 2.05) is 4.90 Å². The first-order valence-corrected chi connectivity index (χ1v) is 5.81. The molecule has 2 N–H and O–H groups in total. The number of hydrogen-bond donors (Lipinski definition) is 1. The van der Waals surface area contributed by atoms with Gasteiger partial charge in [0.25, 0.3) is 0 Å². The van der Waals surface area contributed by atoms with Crippen molar-refractivity contribution in [3.8, 4) is 0 Å². The van der Waals surface area contributed by atoms with Crippen molar-refractivity contribution in [2.75, 3.05) is 26.2 Å². The SMILES string of the molecule is CC(C)(N)C(=O)N1CCN(C2CC2)CC1. The molecule has 2 fully saturated rings. The summed E-state index contributed by atoms with van der Waals surface area (Å²) in [6.07, 6.45) is 2.69. The van der Waals surface area contributed by atoms with Crippen LogP contribution in [0.15, 0.2) is 0 Å². The Balaban J connectivity index is 1.84. The average Bonchev–Trinajstić information content (AvgIpc) is 2.99. The molecule has 4 nitrogen and oxygen atoms in total. The van der Waals surface area contributed by atoms with Gasteiger partial charge in [0.2, 0.25) is 5.91 Å². The van der Waals surface area contributed by atoms with E-state index < -0.39 is 5.54 Å². The van der Waals surface area contributed by atoms with Gasteiger partial charge in [-0.25, -0.2) is 0 Å². The fraction of sp³-hybridized carbons (Fsp3) is 0.909. The minimum absolute atomic E-state index is 0.0814. The Morgan fingerprint density at radius 2 is 1.73 bits per heavy atom. The van der Waals surface area contributed by atoms with Crippen molar-refractivity contribution < 1.29 is 4.79 Å². The summed E-state index contributed by atoms with van der Waals surface area (Å²) in [6.45, 7) is 7.29. The number of rotatable bonds is 2. The van der Waals surface area contributed by atoms with Gasteiger partial charge >= 0.3 is 0 Å². The number of nitrogens with two attached hydrogens (primary N) is 1. The maximum Gasteiger partial charge on any atom is 0.242 e. The predicted molar refractivity (Wildman–Crippen MR) is 59.4 cm³/mol. The maximum absolute atomic E-state index is 11.9. The molecule has 0 bridgehead atoms. The number of hydrogen-bond acceptors (Lipinski definition) is 3. The molecular formula is C11H21N3O. The van der Waals surface area contributed by atoms with Gasteiger partial charge in [-0.3, -0.25) is 9.69 Å². The van der Waals surface area contributed by atoms with Gasteiger partial charge in [0.05, 0.1) is 5.54 Å². The molecule has 2 rings (SSSR count). The molecular weight excluding hydrogens is 190 g/mol. The van der Waals surface area contributed by atoms with E-state index in [1.54, 1.807) is 13.8 Å². The van der Waals surface area contributed by atoms with Crippen molar-refractivity contribution in [3.63, 3.8) is 0 Å². The number of amides is 1. The normalized spacial score (nSPS) is 24.3. The zero-order valence-electron chi connectivity index (χ0n) is 9.70. The van der Waals surface area contributed by atoms with Gasteiger partial charge in [0.15, 0.2) is 0 Å². The van der Waals surface area contributed by atoms with E-state index in [2.05, 4.69) is 4.90 Å². The highest BCUT2D eigenvalue weighted by Crippen LogP contribution is 2.27. The first-order valence-electron chi connectivity index (χ1n) is 5.81. The first-order chi connectivity index (χ1) is 6.98. The third-order valence-electron chi connectivity index (χ3n) is 3.22.